The summed E-state index contributed by atoms with van der Waals surface area (Å²) >= 11 is 0. The van der Waals surface area contributed by atoms with Gasteiger partial charge in [0.1, 0.15) is 5.75 Å². The Morgan fingerprint density at radius 1 is 1.27 bits per heavy atom. The first-order valence-corrected chi connectivity index (χ1v) is 5.21. The van der Waals surface area contributed by atoms with E-state index in [1.54, 1.807) is 12.1 Å². The molecule has 0 aliphatic heterocycles. The third kappa shape index (κ3) is 2.64. The smallest absolute Gasteiger partial charge is 0.115 e. The summed E-state index contributed by atoms with van der Waals surface area (Å²) in [5.74, 6) is 0.348. The van der Waals surface area contributed by atoms with Crippen LogP contribution in [0.4, 0.5) is 0 Å². The van der Waals surface area contributed by atoms with E-state index < -0.39 is 0 Å². The molecule has 0 aromatic heterocycles. The van der Waals surface area contributed by atoms with Gasteiger partial charge in [-0.2, -0.15) is 0 Å². The van der Waals surface area contributed by atoms with E-state index in [9.17, 15) is 0 Å². The summed E-state index contributed by atoms with van der Waals surface area (Å²) in [6, 6.07) is 7.54. The third-order valence-electron chi connectivity index (χ3n) is 3.32. The first-order chi connectivity index (χ1) is 6.74. The molecular weight excluding hydrogens is 210 g/mol. The molecule has 0 amide bonds. The lowest BCUT2D eigenvalue weighted by Crippen LogP contribution is -2.50. The summed E-state index contributed by atoms with van der Waals surface area (Å²) in [6.45, 7) is 0. The molecule has 0 spiro atoms. The molecular formula is C12H18ClNO. The van der Waals surface area contributed by atoms with Crippen LogP contribution >= 0.6 is 12.4 Å². The van der Waals surface area contributed by atoms with E-state index in [1.165, 1.54) is 24.8 Å². The Hall–Kier alpha value is -0.730. The van der Waals surface area contributed by atoms with Crippen molar-refractivity contribution in [1.82, 2.24) is 5.32 Å². The van der Waals surface area contributed by atoms with E-state index in [4.69, 9.17) is 5.11 Å². The van der Waals surface area contributed by atoms with Gasteiger partial charge in [-0.1, -0.05) is 12.1 Å². The van der Waals surface area contributed by atoms with Crippen molar-refractivity contribution >= 4 is 12.4 Å². The molecule has 0 saturated heterocycles. The number of hydrogen-bond acceptors (Lipinski definition) is 2. The molecule has 84 valence electrons. The van der Waals surface area contributed by atoms with Crippen molar-refractivity contribution in [2.75, 3.05) is 7.05 Å². The molecule has 0 heterocycles. The monoisotopic (exact) mass is 227 g/mol. The molecule has 1 fully saturated rings. The predicted molar refractivity (Wildman–Crippen MR) is 64.7 cm³/mol. The van der Waals surface area contributed by atoms with E-state index in [0.29, 0.717) is 11.3 Å². The SMILES string of the molecule is CNC1(Cc2ccc(O)cc2)CCC1.Cl. The zero-order chi connectivity index (χ0) is 10.0. The van der Waals surface area contributed by atoms with Crippen LogP contribution in [0.5, 0.6) is 5.75 Å². The van der Waals surface area contributed by atoms with Gasteiger partial charge < -0.3 is 10.4 Å². The van der Waals surface area contributed by atoms with E-state index in [2.05, 4.69) is 5.32 Å². The zero-order valence-corrected chi connectivity index (χ0v) is 9.81. The van der Waals surface area contributed by atoms with Gasteiger partial charge in [0.05, 0.1) is 0 Å². The maximum absolute atomic E-state index is 9.17. The third-order valence-corrected chi connectivity index (χ3v) is 3.32. The van der Waals surface area contributed by atoms with E-state index in [-0.39, 0.29) is 12.4 Å². The predicted octanol–water partition coefficient (Wildman–Crippen LogP) is 2.50. The molecule has 1 saturated carbocycles. The number of nitrogens with one attached hydrogen (secondary N) is 1. The van der Waals surface area contributed by atoms with E-state index in [0.717, 1.165) is 6.42 Å². The van der Waals surface area contributed by atoms with Crippen molar-refractivity contribution in [2.45, 2.75) is 31.2 Å². The van der Waals surface area contributed by atoms with Gasteiger partial charge in [0.15, 0.2) is 0 Å². The lowest BCUT2D eigenvalue weighted by molar-refractivity contribution is 0.198. The molecule has 1 aromatic rings. The van der Waals surface area contributed by atoms with Crippen LogP contribution < -0.4 is 5.32 Å². The first kappa shape index (κ1) is 12.3. The number of phenolic OH excluding ortho intramolecular Hbond substituents is 1. The number of aromatic hydroxyl groups is 1. The van der Waals surface area contributed by atoms with E-state index >= 15 is 0 Å². The number of benzene rings is 1. The maximum atomic E-state index is 9.17. The first-order valence-electron chi connectivity index (χ1n) is 5.21. The van der Waals surface area contributed by atoms with Crippen molar-refractivity contribution in [3.8, 4) is 5.75 Å². The van der Waals surface area contributed by atoms with Crippen LogP contribution in [0.1, 0.15) is 24.8 Å². The lowest BCUT2D eigenvalue weighted by Gasteiger charge is -2.42. The minimum atomic E-state index is 0. The number of phenols is 1. The fraction of sp³-hybridized carbons (Fsp3) is 0.500. The molecule has 1 aromatic carbocycles. The van der Waals surface area contributed by atoms with Gasteiger partial charge in [-0.25, -0.2) is 0 Å². The largest absolute Gasteiger partial charge is 0.508 e. The van der Waals surface area contributed by atoms with Crippen LogP contribution in [0.3, 0.4) is 0 Å². The van der Waals surface area contributed by atoms with Crippen LogP contribution in [0.25, 0.3) is 0 Å². The highest BCUT2D eigenvalue weighted by atomic mass is 35.5. The second-order valence-corrected chi connectivity index (χ2v) is 4.23. The van der Waals surface area contributed by atoms with Crippen LogP contribution in [0, 0.1) is 0 Å². The van der Waals surface area contributed by atoms with E-state index in [1.807, 2.05) is 19.2 Å². The van der Waals surface area contributed by atoms with Crippen molar-refractivity contribution in [3.05, 3.63) is 29.8 Å². The Morgan fingerprint density at radius 2 is 1.87 bits per heavy atom. The van der Waals surface area contributed by atoms with Gasteiger partial charge in [0.25, 0.3) is 0 Å². The molecule has 1 aliphatic carbocycles. The Balaban J connectivity index is 0.00000112. The maximum Gasteiger partial charge on any atom is 0.115 e. The second-order valence-electron chi connectivity index (χ2n) is 4.23. The summed E-state index contributed by atoms with van der Waals surface area (Å²) in [5, 5.41) is 12.6. The summed E-state index contributed by atoms with van der Waals surface area (Å²) in [6.07, 6.45) is 4.94. The van der Waals surface area contributed by atoms with Gasteiger partial charge in [0, 0.05) is 5.54 Å². The van der Waals surface area contributed by atoms with Crippen LogP contribution in [-0.4, -0.2) is 17.7 Å². The highest BCUT2D eigenvalue weighted by molar-refractivity contribution is 5.85. The molecule has 0 radical (unpaired) electrons. The molecule has 2 rings (SSSR count). The Bertz CT molecular complexity index is 300. The second kappa shape index (κ2) is 4.86. The molecule has 0 bridgehead atoms. The number of halogens is 1. The number of rotatable bonds is 3. The Morgan fingerprint density at radius 3 is 2.27 bits per heavy atom. The standard InChI is InChI=1S/C12H17NO.ClH/c1-13-12(7-2-8-12)9-10-3-5-11(14)6-4-10;/h3-6,13-14H,2,7-9H2,1H3;1H. The van der Waals surface area contributed by atoms with Crippen LogP contribution in [0.15, 0.2) is 24.3 Å². The lowest BCUT2D eigenvalue weighted by atomic mass is 9.73. The van der Waals surface area contributed by atoms with Crippen LogP contribution in [-0.2, 0) is 6.42 Å². The molecule has 15 heavy (non-hydrogen) atoms. The minimum absolute atomic E-state index is 0. The van der Waals surface area contributed by atoms with Crippen molar-refractivity contribution in [3.63, 3.8) is 0 Å². The summed E-state index contributed by atoms with van der Waals surface area (Å²) in [4.78, 5) is 0. The highest BCUT2D eigenvalue weighted by Crippen LogP contribution is 2.34. The van der Waals surface area contributed by atoms with Crippen LogP contribution in [0.2, 0.25) is 0 Å². The van der Waals surface area contributed by atoms with Crippen molar-refractivity contribution in [1.29, 1.82) is 0 Å². The Kier molecular flexibility index (Phi) is 4.00. The van der Waals surface area contributed by atoms with Gasteiger partial charge in [0.2, 0.25) is 0 Å². The molecule has 2 N–H and O–H groups in total. The molecule has 1 aliphatic rings. The molecule has 2 nitrogen and oxygen atoms in total. The number of likely N-dealkylation sites (N-methyl/N-ethyl adjacent to an activating group) is 1. The van der Waals surface area contributed by atoms with Gasteiger partial charge >= 0.3 is 0 Å². The van der Waals surface area contributed by atoms with Crippen molar-refractivity contribution in [2.24, 2.45) is 0 Å². The van der Waals surface area contributed by atoms with Gasteiger partial charge in [-0.05, 0) is 50.4 Å². The van der Waals surface area contributed by atoms with Gasteiger partial charge in [-0.3, -0.25) is 0 Å². The minimum Gasteiger partial charge on any atom is -0.508 e. The normalized spacial score (nSPS) is 17.7. The summed E-state index contributed by atoms with van der Waals surface area (Å²) in [7, 11) is 2.04. The summed E-state index contributed by atoms with van der Waals surface area (Å²) in [5.41, 5.74) is 1.63. The fourth-order valence-corrected chi connectivity index (χ4v) is 2.12. The molecule has 0 atom stereocenters. The fourth-order valence-electron chi connectivity index (χ4n) is 2.12. The Labute approximate surface area is 97.1 Å². The van der Waals surface area contributed by atoms with Crippen molar-refractivity contribution < 1.29 is 5.11 Å². The quantitative estimate of drug-likeness (QED) is 0.832. The highest BCUT2D eigenvalue weighted by Gasteiger charge is 2.34. The summed E-state index contributed by atoms with van der Waals surface area (Å²) < 4.78 is 0. The zero-order valence-electron chi connectivity index (χ0n) is 8.99. The average molecular weight is 228 g/mol. The molecule has 3 heteroatoms. The number of hydrogen-bond donors (Lipinski definition) is 2. The topological polar surface area (TPSA) is 32.3 Å². The van der Waals surface area contributed by atoms with Gasteiger partial charge in [-0.15, -0.1) is 12.4 Å². The molecule has 0 unspecified atom stereocenters. The average Bonchev–Trinajstić information content (AvgIpc) is 2.15.